The third kappa shape index (κ3) is 4.42. The van der Waals surface area contributed by atoms with Crippen LogP contribution in [0.25, 0.3) is 0 Å². The molecular formula is C31H42O12. The molecule has 13 unspecified atom stereocenters. The SMILES string of the molecule is CCC(C)C(=O)OC1C(=O)OC2CC3C(C)=CC(OC(C)=O)C(OC(C)=O)C3(C)C3C(O)C(OC(C)=O)C4(C)OCC23C14. The zero-order valence-corrected chi connectivity index (χ0v) is 25.9. The van der Waals surface area contributed by atoms with Crippen molar-refractivity contribution in [2.24, 2.45) is 34.5 Å². The summed E-state index contributed by atoms with van der Waals surface area (Å²) in [6.07, 6.45) is -4.37. The van der Waals surface area contributed by atoms with Crippen LogP contribution in [0.5, 0.6) is 0 Å². The second kappa shape index (κ2) is 10.6. The summed E-state index contributed by atoms with van der Waals surface area (Å²) in [6.45, 7) is 12.6. The number of rotatable bonds is 6. The number of hydrogen-bond acceptors (Lipinski definition) is 12. The Morgan fingerprint density at radius 2 is 1.60 bits per heavy atom. The van der Waals surface area contributed by atoms with Crippen LogP contribution < -0.4 is 0 Å². The molecule has 0 radical (unpaired) electrons. The minimum absolute atomic E-state index is 0.0148. The molecule has 1 N–H and O–H groups in total. The van der Waals surface area contributed by atoms with E-state index in [1.807, 2.05) is 20.8 Å². The lowest BCUT2D eigenvalue weighted by atomic mass is 9.38. The Kier molecular flexibility index (Phi) is 7.73. The molecule has 0 aromatic carbocycles. The minimum Gasteiger partial charge on any atom is -0.459 e. The highest BCUT2D eigenvalue weighted by atomic mass is 16.6. The van der Waals surface area contributed by atoms with E-state index >= 15 is 0 Å². The van der Waals surface area contributed by atoms with E-state index < -0.39 is 107 Å². The molecule has 0 amide bonds. The molecule has 2 aliphatic heterocycles. The highest BCUT2D eigenvalue weighted by molar-refractivity contribution is 5.82. The van der Waals surface area contributed by atoms with Gasteiger partial charge in [-0.25, -0.2) is 4.79 Å². The van der Waals surface area contributed by atoms with E-state index in [9.17, 15) is 29.1 Å². The van der Waals surface area contributed by atoms with E-state index in [2.05, 4.69) is 0 Å². The van der Waals surface area contributed by atoms with E-state index in [0.29, 0.717) is 12.8 Å². The molecule has 1 spiro atoms. The van der Waals surface area contributed by atoms with Crippen molar-refractivity contribution in [3.05, 3.63) is 11.6 Å². The molecular weight excluding hydrogens is 564 g/mol. The number of ether oxygens (including phenoxy) is 6. The first-order valence-electron chi connectivity index (χ1n) is 15.0. The Bertz CT molecular complexity index is 1260. The molecule has 2 bridgehead atoms. The first-order chi connectivity index (χ1) is 20.0. The molecule has 5 aliphatic rings. The molecule has 2 saturated heterocycles. The van der Waals surface area contributed by atoms with Crippen molar-refractivity contribution in [1.82, 2.24) is 0 Å². The van der Waals surface area contributed by atoms with Crippen molar-refractivity contribution < 1.29 is 57.5 Å². The summed E-state index contributed by atoms with van der Waals surface area (Å²) in [5.41, 5.74) is -2.91. The monoisotopic (exact) mass is 606 g/mol. The van der Waals surface area contributed by atoms with Gasteiger partial charge in [0.15, 0.2) is 12.2 Å². The van der Waals surface area contributed by atoms with E-state index in [1.54, 1.807) is 19.9 Å². The number of fused-ring (bicyclic) bond motifs is 2. The van der Waals surface area contributed by atoms with Crippen LogP contribution in [0.1, 0.15) is 68.2 Å². The Morgan fingerprint density at radius 1 is 1.00 bits per heavy atom. The van der Waals surface area contributed by atoms with E-state index in [4.69, 9.17) is 28.4 Å². The zero-order valence-electron chi connectivity index (χ0n) is 25.9. The standard InChI is InChI=1S/C31H42O12/c1-9-13(2)27(36)43-22-24-30(8)26(41-17(6)34)21(35)23-29(7)18(11-20(42-28(22)37)31(23,24)12-38-30)14(3)10-19(39-15(4)32)25(29)40-16(5)33/h10,13,18-26,35H,9,11-12H2,1-8H3. The lowest BCUT2D eigenvalue weighted by Gasteiger charge is -2.69. The fraction of sp³-hybridized carbons (Fsp3) is 0.774. The number of aliphatic hydroxyl groups excluding tert-OH is 1. The predicted molar refractivity (Wildman–Crippen MR) is 146 cm³/mol. The topological polar surface area (TPSA) is 161 Å². The first kappa shape index (κ1) is 31.4. The van der Waals surface area contributed by atoms with Crippen LogP contribution in [0.3, 0.4) is 0 Å². The number of carbonyl (C=O) groups excluding carboxylic acids is 5. The molecule has 13 atom stereocenters. The highest BCUT2D eigenvalue weighted by Crippen LogP contribution is 2.73. The normalized spacial score (nSPS) is 44.9. The molecule has 5 rings (SSSR count). The van der Waals surface area contributed by atoms with Crippen molar-refractivity contribution in [3.63, 3.8) is 0 Å². The Morgan fingerprint density at radius 3 is 2.19 bits per heavy atom. The van der Waals surface area contributed by atoms with Gasteiger partial charge in [0.1, 0.15) is 17.8 Å². The number of allylic oxidation sites excluding steroid dienone is 1. The minimum atomic E-state index is -1.44. The van der Waals surface area contributed by atoms with Gasteiger partial charge < -0.3 is 33.5 Å². The molecule has 12 heteroatoms. The van der Waals surface area contributed by atoms with Gasteiger partial charge in [0.2, 0.25) is 6.10 Å². The summed E-state index contributed by atoms with van der Waals surface area (Å²) in [6, 6.07) is 0. The molecule has 12 nitrogen and oxygen atoms in total. The van der Waals surface area contributed by atoms with Crippen molar-refractivity contribution in [2.45, 2.75) is 110 Å². The summed E-state index contributed by atoms with van der Waals surface area (Å²) in [5.74, 6) is -5.87. The van der Waals surface area contributed by atoms with Gasteiger partial charge in [-0.3, -0.25) is 19.2 Å². The van der Waals surface area contributed by atoms with Crippen molar-refractivity contribution >= 4 is 29.8 Å². The lowest BCUT2D eigenvalue weighted by molar-refractivity contribution is -0.306. The highest BCUT2D eigenvalue weighted by Gasteiger charge is 2.83. The Balaban J connectivity index is 1.75. The van der Waals surface area contributed by atoms with Gasteiger partial charge in [0.05, 0.1) is 24.5 Å². The average Bonchev–Trinajstić information content (AvgIpc) is 3.17. The van der Waals surface area contributed by atoms with Gasteiger partial charge >= 0.3 is 29.8 Å². The maximum Gasteiger partial charge on any atom is 0.348 e. The van der Waals surface area contributed by atoms with Gasteiger partial charge in [0.25, 0.3) is 0 Å². The third-order valence-corrected chi connectivity index (χ3v) is 10.9. The molecule has 0 aromatic rings. The van der Waals surface area contributed by atoms with E-state index in [0.717, 1.165) is 5.57 Å². The van der Waals surface area contributed by atoms with Crippen LogP contribution in [0.2, 0.25) is 0 Å². The van der Waals surface area contributed by atoms with Crippen LogP contribution in [-0.2, 0) is 52.4 Å². The fourth-order valence-electron chi connectivity index (χ4n) is 9.21. The van der Waals surface area contributed by atoms with Gasteiger partial charge in [-0.1, -0.05) is 26.3 Å². The van der Waals surface area contributed by atoms with Gasteiger partial charge in [-0.2, -0.15) is 0 Å². The molecule has 43 heavy (non-hydrogen) atoms. The molecule has 2 saturated carbocycles. The first-order valence-corrected chi connectivity index (χ1v) is 15.0. The molecule has 238 valence electrons. The van der Waals surface area contributed by atoms with Gasteiger partial charge in [-0.05, 0) is 38.7 Å². The summed E-state index contributed by atoms with van der Waals surface area (Å²) in [4.78, 5) is 64.0. The van der Waals surface area contributed by atoms with Crippen LogP contribution >= 0.6 is 0 Å². The zero-order chi connectivity index (χ0) is 31.8. The van der Waals surface area contributed by atoms with Crippen LogP contribution in [0, 0.1) is 34.5 Å². The smallest absolute Gasteiger partial charge is 0.348 e. The molecule has 4 fully saturated rings. The Labute approximate surface area is 250 Å². The lowest BCUT2D eigenvalue weighted by Crippen LogP contribution is -2.79. The Hall–Kier alpha value is -2.99. The van der Waals surface area contributed by atoms with Crippen LogP contribution in [-0.4, -0.2) is 83.8 Å². The summed E-state index contributed by atoms with van der Waals surface area (Å²) in [5, 5.41) is 12.3. The van der Waals surface area contributed by atoms with Gasteiger partial charge in [-0.15, -0.1) is 0 Å². The average molecular weight is 607 g/mol. The largest absolute Gasteiger partial charge is 0.459 e. The summed E-state index contributed by atoms with van der Waals surface area (Å²) >= 11 is 0. The second-order valence-corrected chi connectivity index (χ2v) is 13.3. The third-order valence-electron chi connectivity index (χ3n) is 10.9. The quantitative estimate of drug-likeness (QED) is 0.267. The predicted octanol–water partition coefficient (Wildman–Crippen LogP) is 2.03. The number of aliphatic hydroxyl groups is 1. The number of carbonyl (C=O) groups is 5. The van der Waals surface area contributed by atoms with Crippen molar-refractivity contribution in [2.75, 3.05) is 6.61 Å². The summed E-state index contributed by atoms with van der Waals surface area (Å²) < 4.78 is 35.8. The number of esters is 5. The molecule has 2 heterocycles. The molecule has 0 aromatic heterocycles. The fourth-order valence-corrected chi connectivity index (χ4v) is 9.21. The number of hydrogen-bond donors (Lipinski definition) is 1. The second-order valence-electron chi connectivity index (χ2n) is 13.3. The van der Waals surface area contributed by atoms with Crippen molar-refractivity contribution in [1.29, 1.82) is 0 Å². The van der Waals surface area contributed by atoms with E-state index in [-0.39, 0.29) is 6.61 Å². The summed E-state index contributed by atoms with van der Waals surface area (Å²) in [7, 11) is 0. The molecule has 3 aliphatic carbocycles. The maximum atomic E-state index is 13.7. The van der Waals surface area contributed by atoms with Gasteiger partial charge in [0, 0.05) is 37.5 Å². The maximum absolute atomic E-state index is 13.7. The van der Waals surface area contributed by atoms with Crippen LogP contribution in [0.4, 0.5) is 0 Å². The van der Waals surface area contributed by atoms with Crippen LogP contribution in [0.15, 0.2) is 11.6 Å². The van der Waals surface area contributed by atoms with Crippen molar-refractivity contribution in [3.8, 4) is 0 Å². The van der Waals surface area contributed by atoms with E-state index in [1.165, 1.54) is 20.8 Å².